The molecule has 1 aromatic rings. The van der Waals surface area contributed by atoms with Crippen molar-refractivity contribution in [3.8, 4) is 6.07 Å². The van der Waals surface area contributed by atoms with E-state index in [9.17, 15) is 39.6 Å². The summed E-state index contributed by atoms with van der Waals surface area (Å²) in [6, 6.07) is 1.43. The third-order valence-corrected chi connectivity index (χ3v) is 17.2. The van der Waals surface area contributed by atoms with Crippen LogP contribution in [0.15, 0.2) is 52.2 Å². The van der Waals surface area contributed by atoms with Crippen molar-refractivity contribution in [2.75, 3.05) is 41.5 Å². The molecule has 21 heteroatoms. The highest BCUT2D eigenvalue weighted by atomic mass is 79.9. The number of aliphatic hydroxyl groups excluding tert-OH is 4. The van der Waals surface area contributed by atoms with Crippen molar-refractivity contribution >= 4 is 35.7 Å². The Morgan fingerprint density at radius 3 is 2.38 bits per heavy atom. The summed E-state index contributed by atoms with van der Waals surface area (Å²) in [5, 5.41) is 56.2. The minimum Gasteiger partial charge on any atom is -0.448 e. The molecule has 3 fully saturated rings. The number of oxazole rings is 1. The number of nitriles is 1. The van der Waals surface area contributed by atoms with E-state index in [2.05, 4.69) is 33.2 Å². The standard InChI is InChI=1S/C50H80BrN4O15P/c1-28(20-22-52)16-14-17-30(3)49(9)44(51)33(6)42(68-49)32(5)36(56)24-39(65-13)43-45(70-71(61,62)63)48(7,8)50(69-43)25-37(57)31(4)38(67-50)19-15-18-34-26-66-47(54-34)29(2)21-23-53-46(60)41(59)40(58)35(27-64-12)55(10)11/h14-18,20,26,29,31-33,35-45,56-59H,19,21,23-25,27H2,1-13H3,(H,53,60)(H2,61,62,63). The number of methoxy groups -OCH3 is 2. The molecule has 19 nitrogen and oxygen atoms in total. The van der Waals surface area contributed by atoms with E-state index in [4.69, 9.17) is 37.9 Å². The van der Waals surface area contributed by atoms with Gasteiger partial charge in [0.05, 0.1) is 59.7 Å². The van der Waals surface area contributed by atoms with Crippen LogP contribution in [0.2, 0.25) is 0 Å². The lowest BCUT2D eigenvalue weighted by molar-refractivity contribution is -0.334. The van der Waals surface area contributed by atoms with E-state index in [1.807, 2.05) is 71.9 Å². The Balaban J connectivity index is 1.46. The van der Waals surface area contributed by atoms with Gasteiger partial charge in [-0.1, -0.05) is 81.8 Å². The smallest absolute Gasteiger partial charge is 0.448 e. The summed E-state index contributed by atoms with van der Waals surface area (Å²) in [7, 11) is 1.19. The Kier molecular flexibility index (Phi) is 22.0. The summed E-state index contributed by atoms with van der Waals surface area (Å²) in [5.74, 6) is -3.00. The number of carbonyl (C=O) groups excluding carboxylic acids is 1. The summed E-state index contributed by atoms with van der Waals surface area (Å²) in [6.45, 7) is 17.2. The van der Waals surface area contributed by atoms with Crippen LogP contribution >= 0.6 is 23.8 Å². The number of aliphatic hydroxyl groups is 4. The van der Waals surface area contributed by atoms with Crippen LogP contribution in [-0.2, 0) is 37.6 Å². The molecule has 3 saturated heterocycles. The number of phosphoric acid groups is 1. The summed E-state index contributed by atoms with van der Waals surface area (Å²) < 4.78 is 55.4. The number of halogens is 1. The molecule has 4 heterocycles. The zero-order valence-corrected chi connectivity index (χ0v) is 45.9. The van der Waals surface area contributed by atoms with Crippen molar-refractivity contribution in [1.82, 2.24) is 15.2 Å². The molecule has 0 bridgehead atoms. The molecule has 0 radical (unpaired) electrons. The number of ether oxygens (including phenoxy) is 5. The molecule has 402 valence electrons. The molecule has 1 aromatic heterocycles. The molecule has 1 spiro atoms. The van der Waals surface area contributed by atoms with E-state index in [1.165, 1.54) is 26.6 Å². The molecule has 17 atom stereocenters. The van der Waals surface area contributed by atoms with Gasteiger partial charge in [0.25, 0.3) is 5.91 Å². The fourth-order valence-corrected chi connectivity index (χ4v) is 11.4. The first-order chi connectivity index (χ1) is 33.1. The van der Waals surface area contributed by atoms with Crippen LogP contribution in [0.4, 0.5) is 0 Å². The Labute approximate surface area is 428 Å². The summed E-state index contributed by atoms with van der Waals surface area (Å²) in [4.78, 5) is 39.3. The fourth-order valence-electron chi connectivity index (χ4n) is 9.91. The van der Waals surface area contributed by atoms with Crippen LogP contribution in [0.1, 0.15) is 105 Å². The van der Waals surface area contributed by atoms with E-state index in [0.29, 0.717) is 18.0 Å². The second kappa shape index (κ2) is 25.7. The Morgan fingerprint density at radius 1 is 1.10 bits per heavy atom. The van der Waals surface area contributed by atoms with Gasteiger partial charge in [-0.05, 0) is 70.8 Å². The fraction of sp³-hybridized carbons (Fsp3) is 0.740. The molecule has 0 saturated carbocycles. The molecule has 3 aliphatic rings. The average Bonchev–Trinajstić information content (AvgIpc) is 3.93. The van der Waals surface area contributed by atoms with Gasteiger partial charge in [-0.3, -0.25) is 9.32 Å². The maximum Gasteiger partial charge on any atom is 0.469 e. The minimum absolute atomic E-state index is 0.0219. The Morgan fingerprint density at radius 2 is 1.77 bits per heavy atom. The van der Waals surface area contributed by atoms with Crippen molar-refractivity contribution in [2.45, 2.75) is 171 Å². The summed E-state index contributed by atoms with van der Waals surface area (Å²) in [5.41, 5.74) is 0.249. The molecular formula is C50H80BrN4O15P. The zero-order valence-electron chi connectivity index (χ0n) is 43.5. The van der Waals surface area contributed by atoms with Crippen molar-refractivity contribution in [3.63, 3.8) is 0 Å². The van der Waals surface area contributed by atoms with Gasteiger partial charge in [0.15, 0.2) is 17.8 Å². The average molecular weight is 1090 g/mol. The van der Waals surface area contributed by atoms with Gasteiger partial charge in [-0.2, -0.15) is 5.26 Å². The topological polar surface area (TPSA) is 276 Å². The molecule has 7 N–H and O–H groups in total. The minimum atomic E-state index is -5.14. The Bertz CT molecular complexity index is 2120. The number of nitrogens with zero attached hydrogens (tertiary/aromatic N) is 3. The monoisotopic (exact) mass is 1090 g/mol. The maximum atomic E-state index is 12.6. The van der Waals surface area contributed by atoms with E-state index in [1.54, 1.807) is 38.9 Å². The van der Waals surface area contributed by atoms with E-state index >= 15 is 0 Å². The third kappa shape index (κ3) is 14.6. The van der Waals surface area contributed by atoms with Gasteiger partial charge in [-0.15, -0.1) is 0 Å². The second-order valence-corrected chi connectivity index (χ2v) is 22.8. The molecule has 1 amide bonds. The Hall–Kier alpha value is -2.68. The molecule has 71 heavy (non-hydrogen) atoms. The van der Waals surface area contributed by atoms with Crippen molar-refractivity contribution in [2.24, 2.45) is 23.2 Å². The van der Waals surface area contributed by atoms with Gasteiger partial charge in [0, 0.05) is 62.9 Å². The second-order valence-electron chi connectivity index (χ2n) is 20.6. The van der Waals surface area contributed by atoms with Gasteiger partial charge < -0.3 is 68.5 Å². The quantitative estimate of drug-likeness (QED) is 0.0299. The first-order valence-corrected chi connectivity index (χ1v) is 26.7. The van der Waals surface area contributed by atoms with Gasteiger partial charge in [0.2, 0.25) is 0 Å². The largest absolute Gasteiger partial charge is 0.469 e. The van der Waals surface area contributed by atoms with Crippen LogP contribution in [-0.4, -0.2) is 165 Å². The van der Waals surface area contributed by atoms with Crippen LogP contribution in [0.25, 0.3) is 6.08 Å². The lowest BCUT2D eigenvalue weighted by Gasteiger charge is -2.50. The zero-order chi connectivity index (χ0) is 53.4. The number of carbonyl (C=O) groups is 1. The maximum absolute atomic E-state index is 12.6. The van der Waals surface area contributed by atoms with Gasteiger partial charge >= 0.3 is 7.82 Å². The molecule has 3 aliphatic heterocycles. The number of nitrogens with one attached hydrogen (secondary N) is 1. The van der Waals surface area contributed by atoms with Crippen molar-refractivity contribution in [3.05, 3.63) is 59.4 Å². The number of amides is 1. The number of likely N-dealkylation sites (N-methyl/N-ethyl adjacent to an activating group) is 1. The van der Waals surface area contributed by atoms with Crippen LogP contribution < -0.4 is 5.32 Å². The number of hydrogen-bond donors (Lipinski definition) is 7. The first kappa shape index (κ1) is 60.9. The predicted molar refractivity (Wildman–Crippen MR) is 269 cm³/mol. The highest BCUT2D eigenvalue weighted by Crippen LogP contribution is 2.59. The summed E-state index contributed by atoms with van der Waals surface area (Å²) >= 11 is 3.88. The van der Waals surface area contributed by atoms with E-state index < -0.39 is 103 Å². The number of phosphoric ester groups is 1. The normalized spacial score (nSPS) is 32.6. The number of hydrogen-bond acceptors (Lipinski definition) is 16. The number of allylic oxidation sites excluding steroid dienone is 5. The molecule has 17 unspecified atom stereocenters. The summed E-state index contributed by atoms with van der Waals surface area (Å²) in [6.07, 6.45) is 3.33. The number of rotatable bonds is 24. The van der Waals surface area contributed by atoms with E-state index in [-0.39, 0.29) is 49.1 Å². The van der Waals surface area contributed by atoms with Crippen molar-refractivity contribution in [1.29, 1.82) is 5.26 Å². The molecule has 0 aliphatic carbocycles. The van der Waals surface area contributed by atoms with Crippen LogP contribution in [0.5, 0.6) is 0 Å². The molecule has 0 aromatic carbocycles. The SMILES string of the molecule is COCC(C(O)C(O)C(=O)NCCC(C)c1nc(C=CCC2OC3(CC(O)C2C)OC(C(CC(O)C(C)C2OC(C)(C(C)=CC=CC(C)=CC#N)C(Br)C2C)OC)C(OP(=O)(O)O)C3(C)C)co1)N(C)C. The lowest BCUT2D eigenvalue weighted by atomic mass is 9.72. The highest BCUT2D eigenvalue weighted by molar-refractivity contribution is 9.09. The predicted octanol–water partition coefficient (Wildman–Crippen LogP) is 5.30. The van der Waals surface area contributed by atoms with E-state index in [0.717, 1.165) is 11.1 Å². The van der Waals surface area contributed by atoms with Crippen molar-refractivity contribution < 1.29 is 72.2 Å². The number of aromatic nitrogens is 1. The first-order valence-electron chi connectivity index (χ1n) is 24.2. The van der Waals surface area contributed by atoms with Gasteiger partial charge in [0.1, 0.15) is 30.3 Å². The molecule has 4 rings (SSSR count). The highest BCUT2D eigenvalue weighted by Gasteiger charge is 2.68. The van der Waals surface area contributed by atoms with Crippen LogP contribution in [0, 0.1) is 34.5 Å². The van der Waals surface area contributed by atoms with Crippen LogP contribution in [0.3, 0.4) is 0 Å². The van der Waals surface area contributed by atoms with Gasteiger partial charge in [-0.25, -0.2) is 9.55 Å². The number of alkyl halides is 1. The lowest BCUT2D eigenvalue weighted by Crippen LogP contribution is -2.58. The molecular weight excluding hydrogens is 1010 g/mol. The third-order valence-electron chi connectivity index (χ3n) is 15.0.